The van der Waals surface area contributed by atoms with Gasteiger partial charge in [-0.15, -0.1) is 0 Å². The normalized spacial score (nSPS) is 25.2. The molecule has 1 heterocycles. The second kappa shape index (κ2) is 10.8. The third-order valence-electron chi connectivity index (χ3n) is 8.22. The van der Waals surface area contributed by atoms with Gasteiger partial charge >= 0.3 is 5.97 Å². The molecule has 196 valence electrons. The highest BCUT2D eigenvalue weighted by Gasteiger charge is 2.45. The van der Waals surface area contributed by atoms with Gasteiger partial charge < -0.3 is 24.4 Å². The van der Waals surface area contributed by atoms with Gasteiger partial charge in [0.05, 0.1) is 18.3 Å². The summed E-state index contributed by atoms with van der Waals surface area (Å²) >= 11 is 0. The molecular weight excluding hydrogens is 464 g/mol. The number of methoxy groups -OCH3 is 1. The number of carbonyl (C=O) groups excluding carboxylic acids is 1. The summed E-state index contributed by atoms with van der Waals surface area (Å²) in [6.07, 6.45) is 1.61. The number of rotatable bonds is 6. The number of nitrogens with zero attached hydrogens (tertiary/aromatic N) is 2. The van der Waals surface area contributed by atoms with Gasteiger partial charge in [-0.1, -0.05) is 35.9 Å². The number of piperazine rings is 1. The highest BCUT2D eigenvalue weighted by Crippen LogP contribution is 2.44. The highest BCUT2D eigenvalue weighted by atomic mass is 16.5. The summed E-state index contributed by atoms with van der Waals surface area (Å²) in [6, 6.07) is 19.8. The molecule has 2 aliphatic rings. The van der Waals surface area contributed by atoms with Crippen LogP contribution in [-0.2, 0) is 10.3 Å². The van der Waals surface area contributed by atoms with E-state index in [1.54, 1.807) is 13.2 Å². The molecule has 1 aliphatic heterocycles. The summed E-state index contributed by atoms with van der Waals surface area (Å²) in [7, 11) is 3.82. The standard InChI is InChI=1S/C31H38N2O4/c1-22-5-4-6-25(17-22)30(34)37-29-11-12-31(35,27(20-29)21-33-15-13-32(2)14-16-33)26-9-7-24-19-28(36-3)10-8-23(24)18-26/h4-10,17-19,27,29,35H,11-16,20-21H2,1-3H3. The molecule has 1 aliphatic carbocycles. The van der Waals surface area contributed by atoms with Crippen LogP contribution >= 0.6 is 0 Å². The Morgan fingerprint density at radius 3 is 2.54 bits per heavy atom. The first-order valence-corrected chi connectivity index (χ1v) is 13.3. The number of benzene rings is 3. The first-order chi connectivity index (χ1) is 17.8. The predicted molar refractivity (Wildman–Crippen MR) is 146 cm³/mol. The fourth-order valence-corrected chi connectivity index (χ4v) is 5.88. The third kappa shape index (κ3) is 5.66. The molecule has 2 fully saturated rings. The largest absolute Gasteiger partial charge is 0.497 e. The van der Waals surface area contributed by atoms with Crippen molar-refractivity contribution < 1.29 is 19.4 Å². The van der Waals surface area contributed by atoms with Crippen LogP contribution in [0.3, 0.4) is 0 Å². The molecule has 1 saturated carbocycles. The summed E-state index contributed by atoms with van der Waals surface area (Å²) in [5.74, 6) is 0.496. The van der Waals surface area contributed by atoms with E-state index >= 15 is 0 Å². The van der Waals surface area contributed by atoms with Crippen LogP contribution in [0, 0.1) is 12.8 Å². The molecule has 0 spiro atoms. The van der Waals surface area contributed by atoms with Crippen LogP contribution in [0.4, 0.5) is 0 Å². The van der Waals surface area contributed by atoms with Gasteiger partial charge in [-0.05, 0) is 79.9 Å². The van der Waals surface area contributed by atoms with Gasteiger partial charge in [0.25, 0.3) is 0 Å². The van der Waals surface area contributed by atoms with E-state index in [1.807, 2.05) is 43.3 Å². The SMILES string of the molecule is COc1ccc2cc(C3(O)CCC(OC(=O)c4cccc(C)c4)CC3CN3CCN(C)CC3)ccc2c1. The van der Waals surface area contributed by atoms with Crippen molar-refractivity contribution in [2.24, 2.45) is 5.92 Å². The number of fused-ring (bicyclic) bond motifs is 1. The van der Waals surface area contributed by atoms with Gasteiger partial charge in [-0.3, -0.25) is 0 Å². The molecular formula is C31H38N2O4. The van der Waals surface area contributed by atoms with Crippen molar-refractivity contribution >= 4 is 16.7 Å². The maximum absolute atomic E-state index is 12.9. The van der Waals surface area contributed by atoms with E-state index in [0.717, 1.165) is 60.4 Å². The van der Waals surface area contributed by atoms with Crippen molar-refractivity contribution in [3.05, 3.63) is 77.4 Å². The Bertz CT molecular complexity index is 1250. The molecule has 6 nitrogen and oxygen atoms in total. The minimum Gasteiger partial charge on any atom is -0.497 e. The molecule has 6 heteroatoms. The summed E-state index contributed by atoms with van der Waals surface area (Å²) in [5, 5.41) is 14.4. The first-order valence-electron chi connectivity index (χ1n) is 13.3. The zero-order chi connectivity index (χ0) is 26.0. The molecule has 3 aromatic carbocycles. The molecule has 3 aromatic rings. The summed E-state index contributed by atoms with van der Waals surface area (Å²) in [6.45, 7) is 6.76. The Morgan fingerprint density at radius 1 is 1.03 bits per heavy atom. The Labute approximate surface area is 219 Å². The van der Waals surface area contributed by atoms with Crippen molar-refractivity contribution in [1.82, 2.24) is 9.80 Å². The van der Waals surface area contributed by atoms with E-state index in [2.05, 4.69) is 35.0 Å². The second-order valence-electron chi connectivity index (χ2n) is 10.8. The molecule has 1 N–H and O–H groups in total. The van der Waals surface area contributed by atoms with Gasteiger partial charge in [0.15, 0.2) is 0 Å². The number of carbonyl (C=O) groups is 1. The van der Waals surface area contributed by atoms with Crippen LogP contribution < -0.4 is 4.74 Å². The van der Waals surface area contributed by atoms with Gasteiger partial charge in [0, 0.05) is 38.6 Å². The maximum atomic E-state index is 12.9. The van der Waals surface area contributed by atoms with Crippen LogP contribution in [0.15, 0.2) is 60.7 Å². The Morgan fingerprint density at radius 2 is 1.78 bits per heavy atom. The van der Waals surface area contributed by atoms with Crippen LogP contribution in [0.25, 0.3) is 10.8 Å². The van der Waals surface area contributed by atoms with Crippen molar-refractivity contribution in [3.63, 3.8) is 0 Å². The highest BCUT2D eigenvalue weighted by molar-refractivity contribution is 5.89. The van der Waals surface area contributed by atoms with Crippen molar-refractivity contribution in [3.8, 4) is 5.75 Å². The van der Waals surface area contributed by atoms with Crippen LogP contribution in [0.5, 0.6) is 5.75 Å². The lowest BCUT2D eigenvalue weighted by molar-refractivity contribution is -0.100. The van der Waals surface area contributed by atoms with Crippen molar-refractivity contribution in [2.45, 2.75) is 37.9 Å². The molecule has 1 saturated heterocycles. The van der Waals surface area contributed by atoms with Crippen LogP contribution in [-0.4, -0.2) is 73.9 Å². The Hall–Kier alpha value is -2.93. The topological polar surface area (TPSA) is 62.2 Å². The van der Waals surface area contributed by atoms with E-state index < -0.39 is 5.60 Å². The first kappa shape index (κ1) is 25.7. The summed E-state index contributed by atoms with van der Waals surface area (Å²) in [4.78, 5) is 17.7. The number of aryl methyl sites for hydroxylation is 1. The molecule has 3 unspecified atom stereocenters. The number of hydrogen-bond donors (Lipinski definition) is 1. The fourth-order valence-electron chi connectivity index (χ4n) is 5.88. The molecule has 0 aromatic heterocycles. The molecule has 5 rings (SSSR count). The predicted octanol–water partition coefficient (Wildman–Crippen LogP) is 4.62. The average molecular weight is 503 g/mol. The van der Waals surface area contributed by atoms with Gasteiger partial charge in [-0.25, -0.2) is 4.79 Å². The van der Waals surface area contributed by atoms with Gasteiger partial charge in [-0.2, -0.15) is 0 Å². The molecule has 0 radical (unpaired) electrons. The molecule has 0 bridgehead atoms. The summed E-state index contributed by atoms with van der Waals surface area (Å²) in [5.41, 5.74) is 1.58. The zero-order valence-electron chi connectivity index (χ0n) is 22.2. The zero-order valence-corrected chi connectivity index (χ0v) is 22.2. The molecule has 3 atom stereocenters. The lowest BCUT2D eigenvalue weighted by Crippen LogP contribution is -2.52. The van der Waals surface area contributed by atoms with Crippen molar-refractivity contribution in [2.75, 3.05) is 46.9 Å². The Balaban J connectivity index is 1.39. The summed E-state index contributed by atoms with van der Waals surface area (Å²) < 4.78 is 11.4. The van der Waals surface area contributed by atoms with Crippen LogP contribution in [0.2, 0.25) is 0 Å². The second-order valence-corrected chi connectivity index (χ2v) is 10.8. The molecule has 0 amide bonds. The Kier molecular flexibility index (Phi) is 7.52. The van der Waals surface area contributed by atoms with E-state index in [1.165, 1.54) is 0 Å². The van der Waals surface area contributed by atoms with E-state index in [0.29, 0.717) is 24.8 Å². The van der Waals surface area contributed by atoms with Crippen LogP contribution in [0.1, 0.15) is 40.7 Å². The maximum Gasteiger partial charge on any atom is 0.338 e. The lowest BCUT2D eigenvalue weighted by atomic mass is 9.70. The smallest absolute Gasteiger partial charge is 0.338 e. The van der Waals surface area contributed by atoms with Gasteiger partial charge in [0.1, 0.15) is 11.9 Å². The number of likely N-dealkylation sites (N-methyl/N-ethyl adjacent to an activating group) is 1. The van der Waals surface area contributed by atoms with Gasteiger partial charge in [0.2, 0.25) is 0 Å². The van der Waals surface area contributed by atoms with Crippen molar-refractivity contribution in [1.29, 1.82) is 0 Å². The minimum absolute atomic E-state index is 0.0457. The van der Waals surface area contributed by atoms with E-state index in [4.69, 9.17) is 9.47 Å². The quantitative estimate of drug-likeness (QED) is 0.497. The third-order valence-corrected chi connectivity index (χ3v) is 8.22. The van der Waals surface area contributed by atoms with E-state index in [9.17, 15) is 9.90 Å². The van der Waals surface area contributed by atoms with E-state index in [-0.39, 0.29) is 18.0 Å². The minimum atomic E-state index is -0.982. The fraction of sp³-hybridized carbons (Fsp3) is 0.452. The lowest BCUT2D eigenvalue weighted by Gasteiger charge is -2.46. The monoisotopic (exact) mass is 502 g/mol. The number of hydrogen-bond acceptors (Lipinski definition) is 6. The number of esters is 1. The molecule has 37 heavy (non-hydrogen) atoms. The average Bonchev–Trinajstić information content (AvgIpc) is 2.91. The number of aliphatic hydroxyl groups is 1. The number of ether oxygens (including phenoxy) is 2.